The van der Waals surface area contributed by atoms with E-state index in [1.165, 1.54) is 15.0 Å². The fourth-order valence-electron chi connectivity index (χ4n) is 2.00. The Hall–Kier alpha value is -1.58. The van der Waals surface area contributed by atoms with Gasteiger partial charge in [0, 0.05) is 9.58 Å². The number of nitrogens with one attached hydrogen (secondary N) is 1. The smallest absolute Gasteiger partial charge is 0.129 e. The second-order valence-electron chi connectivity index (χ2n) is 4.42. The van der Waals surface area contributed by atoms with E-state index in [4.69, 9.17) is 11.6 Å². The van der Waals surface area contributed by atoms with E-state index in [9.17, 15) is 0 Å². The molecule has 0 fully saturated rings. The van der Waals surface area contributed by atoms with E-state index < -0.39 is 0 Å². The molecule has 1 aromatic carbocycles. The molecule has 1 N–H and O–H groups in total. The predicted molar refractivity (Wildman–Crippen MR) is 83.1 cm³/mol. The molecule has 96 valence electrons. The number of nitrogens with zero attached hydrogens (tertiary/aromatic N) is 1. The summed E-state index contributed by atoms with van der Waals surface area (Å²) in [7, 11) is 0. The van der Waals surface area contributed by atoms with Gasteiger partial charge in [0.15, 0.2) is 0 Å². The zero-order chi connectivity index (χ0) is 13.2. The summed E-state index contributed by atoms with van der Waals surface area (Å²) in [4.78, 5) is 5.39. The number of benzene rings is 1. The Balaban J connectivity index is 1.83. The molecule has 3 rings (SSSR count). The van der Waals surface area contributed by atoms with Crippen LogP contribution in [0, 0.1) is 0 Å². The number of hydrogen-bond acceptors (Lipinski definition) is 3. The van der Waals surface area contributed by atoms with E-state index >= 15 is 0 Å². The van der Waals surface area contributed by atoms with Crippen LogP contribution in [0.4, 0.5) is 5.69 Å². The van der Waals surface area contributed by atoms with Crippen LogP contribution in [0.3, 0.4) is 0 Å². The van der Waals surface area contributed by atoms with Crippen molar-refractivity contribution in [3.63, 3.8) is 0 Å². The highest BCUT2D eigenvalue weighted by atomic mass is 35.5. The Bertz CT molecular complexity index is 658. The highest BCUT2D eigenvalue weighted by Gasteiger charge is 2.09. The van der Waals surface area contributed by atoms with E-state index in [1.807, 2.05) is 17.4 Å². The van der Waals surface area contributed by atoms with Gasteiger partial charge in [-0.25, -0.2) is 4.98 Å². The third-order valence-corrected chi connectivity index (χ3v) is 4.50. The first kappa shape index (κ1) is 12.5. The third-order valence-electron chi connectivity index (χ3n) is 2.98. The first-order chi connectivity index (χ1) is 9.22. The van der Waals surface area contributed by atoms with Gasteiger partial charge in [0.1, 0.15) is 5.15 Å². The highest BCUT2D eigenvalue weighted by molar-refractivity contribution is 7.19. The monoisotopic (exact) mass is 288 g/mol. The van der Waals surface area contributed by atoms with Crippen molar-refractivity contribution in [1.29, 1.82) is 0 Å². The van der Waals surface area contributed by atoms with E-state index in [2.05, 4.69) is 47.6 Å². The van der Waals surface area contributed by atoms with Crippen LogP contribution in [0.2, 0.25) is 5.15 Å². The molecule has 0 aliphatic heterocycles. The second kappa shape index (κ2) is 5.19. The van der Waals surface area contributed by atoms with Crippen LogP contribution in [0.1, 0.15) is 17.8 Å². The van der Waals surface area contributed by atoms with Crippen molar-refractivity contribution >= 4 is 38.7 Å². The van der Waals surface area contributed by atoms with Gasteiger partial charge in [0.2, 0.25) is 0 Å². The predicted octanol–water partition coefficient (Wildman–Crippen LogP) is 5.12. The van der Waals surface area contributed by atoms with Crippen LogP contribution in [-0.4, -0.2) is 4.98 Å². The standard InChI is InChI=1S/C15H13ClN2S/c1-10(18-12-6-7-15(16)17-9-12)14-8-11-4-2-3-5-13(11)19-14/h2-10,18H,1H3. The molecule has 0 bridgehead atoms. The molecule has 2 nitrogen and oxygen atoms in total. The maximum absolute atomic E-state index is 5.78. The van der Waals surface area contributed by atoms with Crippen molar-refractivity contribution in [2.75, 3.05) is 5.32 Å². The lowest BCUT2D eigenvalue weighted by atomic mass is 10.2. The Morgan fingerprint density at radius 3 is 2.79 bits per heavy atom. The zero-order valence-corrected chi connectivity index (χ0v) is 12.0. The maximum atomic E-state index is 5.78. The van der Waals surface area contributed by atoms with Crippen LogP contribution in [0.25, 0.3) is 10.1 Å². The molecule has 2 heterocycles. The molecule has 2 aromatic heterocycles. The topological polar surface area (TPSA) is 24.9 Å². The molecule has 0 radical (unpaired) electrons. The summed E-state index contributed by atoms with van der Waals surface area (Å²) >= 11 is 7.60. The molecule has 1 unspecified atom stereocenters. The molecule has 0 spiro atoms. The van der Waals surface area contributed by atoms with Crippen molar-refractivity contribution < 1.29 is 0 Å². The number of hydrogen-bond donors (Lipinski definition) is 1. The average molecular weight is 289 g/mol. The zero-order valence-electron chi connectivity index (χ0n) is 10.4. The number of anilines is 1. The normalized spacial score (nSPS) is 12.5. The van der Waals surface area contributed by atoms with Gasteiger partial charge >= 0.3 is 0 Å². The van der Waals surface area contributed by atoms with Gasteiger partial charge in [-0.15, -0.1) is 11.3 Å². The second-order valence-corrected chi connectivity index (χ2v) is 5.92. The maximum Gasteiger partial charge on any atom is 0.129 e. The van der Waals surface area contributed by atoms with Gasteiger partial charge < -0.3 is 5.32 Å². The van der Waals surface area contributed by atoms with Crippen LogP contribution in [-0.2, 0) is 0 Å². The lowest BCUT2D eigenvalue weighted by molar-refractivity contribution is 0.907. The quantitative estimate of drug-likeness (QED) is 0.676. The van der Waals surface area contributed by atoms with Crippen LogP contribution in [0.5, 0.6) is 0 Å². The van der Waals surface area contributed by atoms with Gasteiger partial charge in [-0.3, -0.25) is 0 Å². The van der Waals surface area contributed by atoms with E-state index in [-0.39, 0.29) is 6.04 Å². The van der Waals surface area contributed by atoms with Crippen molar-refractivity contribution in [2.45, 2.75) is 13.0 Å². The van der Waals surface area contributed by atoms with Crippen molar-refractivity contribution in [3.8, 4) is 0 Å². The lowest BCUT2D eigenvalue weighted by Gasteiger charge is -2.13. The number of aromatic nitrogens is 1. The number of thiophene rings is 1. The molecule has 4 heteroatoms. The van der Waals surface area contributed by atoms with Crippen LogP contribution < -0.4 is 5.32 Å². The Morgan fingerprint density at radius 1 is 1.21 bits per heavy atom. The van der Waals surface area contributed by atoms with E-state index in [0.717, 1.165) is 5.69 Å². The molecule has 19 heavy (non-hydrogen) atoms. The SMILES string of the molecule is CC(Nc1ccc(Cl)nc1)c1cc2ccccc2s1. The number of pyridine rings is 1. The third kappa shape index (κ3) is 2.72. The van der Waals surface area contributed by atoms with Crippen molar-refractivity contribution in [3.05, 3.63) is 58.7 Å². The lowest BCUT2D eigenvalue weighted by Crippen LogP contribution is -2.04. The van der Waals surface area contributed by atoms with Crippen molar-refractivity contribution in [1.82, 2.24) is 4.98 Å². The van der Waals surface area contributed by atoms with Gasteiger partial charge in [0.05, 0.1) is 17.9 Å². The Labute approximate surface area is 121 Å². The molecule has 1 atom stereocenters. The van der Waals surface area contributed by atoms with Crippen LogP contribution in [0.15, 0.2) is 48.7 Å². The summed E-state index contributed by atoms with van der Waals surface area (Å²) in [6, 6.07) is 14.7. The molecular formula is C15H13ClN2S. The Kier molecular flexibility index (Phi) is 3.40. The molecule has 0 saturated carbocycles. The first-order valence-electron chi connectivity index (χ1n) is 6.09. The molecular weight excluding hydrogens is 276 g/mol. The van der Waals surface area contributed by atoms with E-state index in [0.29, 0.717) is 5.15 Å². The number of fused-ring (bicyclic) bond motifs is 1. The summed E-state index contributed by atoms with van der Waals surface area (Å²) in [6.45, 7) is 2.15. The summed E-state index contributed by atoms with van der Waals surface area (Å²) in [5.41, 5.74) is 0.981. The first-order valence-corrected chi connectivity index (χ1v) is 7.28. The highest BCUT2D eigenvalue weighted by Crippen LogP contribution is 2.31. The summed E-state index contributed by atoms with van der Waals surface area (Å²) in [6.07, 6.45) is 1.76. The molecule has 3 aromatic rings. The molecule has 0 aliphatic carbocycles. The molecule has 0 amide bonds. The van der Waals surface area contributed by atoms with Gasteiger partial charge in [-0.2, -0.15) is 0 Å². The summed E-state index contributed by atoms with van der Waals surface area (Å²) < 4.78 is 1.32. The van der Waals surface area contributed by atoms with Gasteiger partial charge in [-0.05, 0) is 36.6 Å². The molecule has 0 aliphatic rings. The minimum atomic E-state index is 0.250. The van der Waals surface area contributed by atoms with Gasteiger partial charge in [0.25, 0.3) is 0 Å². The Morgan fingerprint density at radius 2 is 2.05 bits per heavy atom. The fraction of sp³-hybridized carbons (Fsp3) is 0.133. The minimum absolute atomic E-state index is 0.250. The number of rotatable bonds is 3. The minimum Gasteiger partial charge on any atom is -0.376 e. The van der Waals surface area contributed by atoms with Crippen LogP contribution >= 0.6 is 22.9 Å². The summed E-state index contributed by atoms with van der Waals surface area (Å²) in [5, 5.41) is 5.25. The summed E-state index contributed by atoms with van der Waals surface area (Å²) in [5.74, 6) is 0. The van der Waals surface area contributed by atoms with Crippen molar-refractivity contribution in [2.24, 2.45) is 0 Å². The van der Waals surface area contributed by atoms with E-state index in [1.54, 1.807) is 12.3 Å². The largest absolute Gasteiger partial charge is 0.376 e. The molecule has 0 saturated heterocycles. The fourth-order valence-corrected chi connectivity index (χ4v) is 3.18. The average Bonchev–Trinajstić information content (AvgIpc) is 2.85. The number of halogens is 1. The van der Waals surface area contributed by atoms with Gasteiger partial charge in [-0.1, -0.05) is 29.8 Å².